The number of aliphatic hydroxyl groups excluding tert-OH is 1. The maximum atomic E-state index is 9.57. The van der Waals surface area contributed by atoms with Crippen LogP contribution < -0.4 is 5.32 Å². The van der Waals surface area contributed by atoms with Crippen molar-refractivity contribution < 1.29 is 5.11 Å². The molecule has 1 aromatic heterocycles. The highest BCUT2D eigenvalue weighted by Crippen LogP contribution is 2.22. The summed E-state index contributed by atoms with van der Waals surface area (Å²) < 4.78 is 1.67. The van der Waals surface area contributed by atoms with Gasteiger partial charge in [-0.25, -0.2) is 4.68 Å². The Morgan fingerprint density at radius 3 is 3.00 bits per heavy atom. The summed E-state index contributed by atoms with van der Waals surface area (Å²) in [5.74, 6) is 0.867. The lowest BCUT2D eigenvalue weighted by Crippen LogP contribution is -2.28. The van der Waals surface area contributed by atoms with Gasteiger partial charge in [-0.05, 0) is 19.3 Å². The molecule has 1 heterocycles. The number of aromatic nitrogens is 3. The van der Waals surface area contributed by atoms with E-state index in [1.54, 1.807) is 10.9 Å². The summed E-state index contributed by atoms with van der Waals surface area (Å²) in [6.07, 6.45) is 4.44. The number of nitrogens with one attached hydrogen (secondary N) is 1. The predicted molar refractivity (Wildman–Crippen MR) is 48.3 cm³/mol. The first-order chi connectivity index (χ1) is 6.27. The van der Waals surface area contributed by atoms with Crippen molar-refractivity contribution in [2.24, 2.45) is 7.05 Å². The Morgan fingerprint density at radius 2 is 2.46 bits per heavy atom. The van der Waals surface area contributed by atoms with Gasteiger partial charge in [-0.2, -0.15) is 0 Å². The lowest BCUT2D eigenvalue weighted by molar-refractivity contribution is 0.171. The lowest BCUT2D eigenvalue weighted by Gasteiger charge is -2.16. The van der Waals surface area contributed by atoms with Crippen LogP contribution in [-0.2, 0) is 7.05 Å². The predicted octanol–water partition coefficient (Wildman–Crippen LogP) is 0.140. The summed E-state index contributed by atoms with van der Waals surface area (Å²) in [5.41, 5.74) is 0. The zero-order chi connectivity index (χ0) is 9.26. The van der Waals surface area contributed by atoms with E-state index in [0.29, 0.717) is 0 Å². The third-order valence-corrected chi connectivity index (χ3v) is 2.53. The largest absolute Gasteiger partial charge is 0.391 e. The number of hydrogen-bond donors (Lipinski definition) is 2. The first kappa shape index (κ1) is 8.50. The molecule has 2 N–H and O–H groups in total. The summed E-state index contributed by atoms with van der Waals surface area (Å²) >= 11 is 0. The molecule has 72 valence electrons. The van der Waals surface area contributed by atoms with Crippen LogP contribution in [0.25, 0.3) is 0 Å². The number of anilines is 1. The van der Waals surface area contributed by atoms with Crippen LogP contribution in [0, 0.1) is 0 Å². The van der Waals surface area contributed by atoms with Crippen molar-refractivity contribution >= 4 is 5.82 Å². The molecule has 0 saturated heterocycles. The smallest absolute Gasteiger partial charge is 0.144 e. The minimum atomic E-state index is -0.227. The van der Waals surface area contributed by atoms with Crippen molar-refractivity contribution in [2.75, 3.05) is 5.32 Å². The van der Waals surface area contributed by atoms with E-state index in [4.69, 9.17) is 0 Å². The van der Waals surface area contributed by atoms with Crippen LogP contribution in [0.5, 0.6) is 0 Å². The van der Waals surface area contributed by atoms with Crippen molar-refractivity contribution in [1.82, 2.24) is 15.0 Å². The van der Waals surface area contributed by atoms with E-state index in [-0.39, 0.29) is 12.1 Å². The molecule has 0 amide bonds. The van der Waals surface area contributed by atoms with Crippen LogP contribution in [0.4, 0.5) is 5.82 Å². The minimum absolute atomic E-state index is 0.164. The van der Waals surface area contributed by atoms with E-state index in [9.17, 15) is 5.11 Å². The fourth-order valence-electron chi connectivity index (χ4n) is 1.72. The monoisotopic (exact) mass is 182 g/mol. The van der Waals surface area contributed by atoms with Gasteiger partial charge in [0.05, 0.1) is 18.3 Å². The molecule has 1 aliphatic carbocycles. The zero-order valence-electron chi connectivity index (χ0n) is 7.64. The standard InChI is InChI=1S/C8H14N4O/c1-12-8(5-9-11-12)10-6-3-2-4-7(6)13/h5-7,10,13H,2-4H2,1H3. The molecule has 5 nitrogen and oxygen atoms in total. The van der Waals surface area contributed by atoms with Gasteiger partial charge in [-0.3, -0.25) is 0 Å². The molecular formula is C8H14N4O. The van der Waals surface area contributed by atoms with Crippen molar-refractivity contribution in [3.8, 4) is 0 Å². The van der Waals surface area contributed by atoms with Crippen molar-refractivity contribution in [2.45, 2.75) is 31.4 Å². The summed E-state index contributed by atoms with van der Waals surface area (Å²) in [4.78, 5) is 0. The van der Waals surface area contributed by atoms with Crippen molar-refractivity contribution in [3.05, 3.63) is 6.20 Å². The third kappa shape index (κ3) is 1.65. The average Bonchev–Trinajstić information content (AvgIpc) is 2.65. The molecular weight excluding hydrogens is 168 g/mol. The normalized spacial score (nSPS) is 27.8. The quantitative estimate of drug-likeness (QED) is 0.683. The van der Waals surface area contributed by atoms with Crippen LogP contribution in [0.2, 0.25) is 0 Å². The summed E-state index contributed by atoms with van der Waals surface area (Å²) in [6, 6.07) is 0.164. The SMILES string of the molecule is Cn1nncc1NC1CCCC1O. The molecule has 1 saturated carbocycles. The van der Waals surface area contributed by atoms with E-state index >= 15 is 0 Å². The molecule has 0 radical (unpaired) electrons. The molecule has 13 heavy (non-hydrogen) atoms. The number of aryl methyl sites for hydroxylation is 1. The molecule has 1 aliphatic rings. The molecule has 0 bridgehead atoms. The highest BCUT2D eigenvalue weighted by molar-refractivity contribution is 5.32. The second kappa shape index (κ2) is 3.33. The van der Waals surface area contributed by atoms with E-state index in [0.717, 1.165) is 25.1 Å². The Labute approximate surface area is 76.8 Å². The van der Waals surface area contributed by atoms with Crippen molar-refractivity contribution in [1.29, 1.82) is 0 Å². The number of nitrogens with zero attached hydrogens (tertiary/aromatic N) is 3. The topological polar surface area (TPSA) is 63.0 Å². The molecule has 5 heteroatoms. The molecule has 1 fully saturated rings. The van der Waals surface area contributed by atoms with Gasteiger partial charge < -0.3 is 10.4 Å². The molecule has 0 aliphatic heterocycles. The minimum Gasteiger partial charge on any atom is -0.391 e. The van der Waals surface area contributed by atoms with Crippen molar-refractivity contribution in [3.63, 3.8) is 0 Å². The maximum absolute atomic E-state index is 9.57. The lowest BCUT2D eigenvalue weighted by atomic mass is 10.2. The fraction of sp³-hybridized carbons (Fsp3) is 0.750. The Balaban J connectivity index is 2.01. The van der Waals surface area contributed by atoms with Gasteiger partial charge in [0.15, 0.2) is 0 Å². The van der Waals surface area contributed by atoms with Gasteiger partial charge in [-0.1, -0.05) is 5.21 Å². The van der Waals surface area contributed by atoms with Crippen LogP contribution in [0.15, 0.2) is 6.20 Å². The Morgan fingerprint density at radius 1 is 1.62 bits per heavy atom. The molecule has 1 aromatic rings. The number of rotatable bonds is 2. The first-order valence-corrected chi connectivity index (χ1v) is 4.56. The third-order valence-electron chi connectivity index (χ3n) is 2.53. The maximum Gasteiger partial charge on any atom is 0.144 e. The van der Waals surface area contributed by atoms with Gasteiger partial charge in [0, 0.05) is 7.05 Å². The van der Waals surface area contributed by atoms with E-state index in [1.807, 2.05) is 7.05 Å². The zero-order valence-corrected chi connectivity index (χ0v) is 7.64. The Kier molecular flexibility index (Phi) is 2.18. The van der Waals surface area contributed by atoms with Crippen LogP contribution in [0.1, 0.15) is 19.3 Å². The van der Waals surface area contributed by atoms with E-state index in [1.165, 1.54) is 0 Å². The van der Waals surface area contributed by atoms with Crippen LogP contribution >= 0.6 is 0 Å². The highest BCUT2D eigenvalue weighted by Gasteiger charge is 2.25. The Bertz CT molecular complexity index is 285. The molecule has 2 unspecified atom stereocenters. The van der Waals surface area contributed by atoms with Gasteiger partial charge >= 0.3 is 0 Å². The first-order valence-electron chi connectivity index (χ1n) is 4.56. The van der Waals surface area contributed by atoms with Gasteiger partial charge in [0.25, 0.3) is 0 Å². The summed E-state index contributed by atoms with van der Waals surface area (Å²) in [6.45, 7) is 0. The molecule has 2 rings (SSSR count). The van der Waals surface area contributed by atoms with Gasteiger partial charge in [-0.15, -0.1) is 5.10 Å². The van der Waals surface area contributed by atoms with Crippen LogP contribution in [0.3, 0.4) is 0 Å². The average molecular weight is 182 g/mol. The molecule has 2 atom stereocenters. The Hall–Kier alpha value is -1.10. The van der Waals surface area contributed by atoms with E-state index < -0.39 is 0 Å². The number of aliphatic hydroxyl groups is 1. The van der Waals surface area contributed by atoms with Crippen LogP contribution in [-0.4, -0.2) is 32.2 Å². The molecule has 0 spiro atoms. The highest BCUT2D eigenvalue weighted by atomic mass is 16.3. The fourth-order valence-corrected chi connectivity index (χ4v) is 1.72. The number of hydrogen-bond acceptors (Lipinski definition) is 4. The summed E-state index contributed by atoms with van der Waals surface area (Å²) in [7, 11) is 1.83. The molecule has 0 aromatic carbocycles. The summed E-state index contributed by atoms with van der Waals surface area (Å²) in [5, 5.41) is 20.4. The second-order valence-electron chi connectivity index (χ2n) is 3.49. The van der Waals surface area contributed by atoms with Gasteiger partial charge in [0.1, 0.15) is 5.82 Å². The van der Waals surface area contributed by atoms with Gasteiger partial charge in [0.2, 0.25) is 0 Å². The second-order valence-corrected chi connectivity index (χ2v) is 3.49. The van der Waals surface area contributed by atoms with E-state index in [2.05, 4.69) is 15.6 Å².